The lowest BCUT2D eigenvalue weighted by Crippen LogP contribution is -2.13. The summed E-state index contributed by atoms with van der Waals surface area (Å²) in [7, 11) is 0. The lowest BCUT2D eigenvalue weighted by Gasteiger charge is -2.28. The average molecular weight is 429 g/mol. The lowest BCUT2D eigenvalue weighted by molar-refractivity contribution is 0.308. The van der Waals surface area contributed by atoms with E-state index < -0.39 is 0 Å². The molecule has 0 heterocycles. The SMILES string of the molecule is C=CCCCCCc1ccc(C=NN=Cc2ccc(C3CCC(CCC)CC3)cc2)cc1. The van der Waals surface area contributed by atoms with Gasteiger partial charge in [0.05, 0.1) is 12.4 Å². The third kappa shape index (κ3) is 8.22. The van der Waals surface area contributed by atoms with Crippen molar-refractivity contribution in [1.82, 2.24) is 0 Å². The molecule has 1 fully saturated rings. The van der Waals surface area contributed by atoms with Crippen LogP contribution < -0.4 is 0 Å². The number of aryl methyl sites for hydroxylation is 1. The zero-order valence-corrected chi connectivity index (χ0v) is 19.9. The Bertz CT molecular complexity index is 837. The molecule has 2 heteroatoms. The summed E-state index contributed by atoms with van der Waals surface area (Å²) in [5.41, 5.74) is 5.08. The molecule has 0 unspecified atom stereocenters. The molecule has 170 valence electrons. The molecule has 1 aliphatic carbocycles. The van der Waals surface area contributed by atoms with Gasteiger partial charge in [-0.05, 0) is 85.5 Å². The maximum Gasteiger partial charge on any atom is 0.0568 e. The highest BCUT2D eigenvalue weighted by molar-refractivity contribution is 5.82. The molecule has 0 N–H and O–H groups in total. The smallest absolute Gasteiger partial charge is 0.0568 e. The first-order chi connectivity index (χ1) is 15.8. The molecule has 0 amide bonds. The molecule has 0 spiro atoms. The van der Waals surface area contributed by atoms with Crippen molar-refractivity contribution in [2.75, 3.05) is 0 Å². The molecule has 2 aromatic carbocycles. The molecule has 3 rings (SSSR count). The predicted molar refractivity (Wildman–Crippen MR) is 140 cm³/mol. The summed E-state index contributed by atoms with van der Waals surface area (Å²) < 4.78 is 0. The van der Waals surface area contributed by atoms with Crippen molar-refractivity contribution in [3.8, 4) is 0 Å². The molecule has 2 nitrogen and oxygen atoms in total. The van der Waals surface area contributed by atoms with Crippen LogP contribution in [0.2, 0.25) is 0 Å². The molecule has 32 heavy (non-hydrogen) atoms. The molecule has 0 bridgehead atoms. The van der Waals surface area contributed by atoms with Crippen LogP contribution in [0.15, 0.2) is 71.4 Å². The Hall–Kier alpha value is -2.48. The number of hydrogen-bond donors (Lipinski definition) is 0. The highest BCUT2D eigenvalue weighted by Crippen LogP contribution is 2.37. The van der Waals surface area contributed by atoms with Gasteiger partial charge < -0.3 is 0 Å². The minimum atomic E-state index is 0.738. The summed E-state index contributed by atoms with van der Waals surface area (Å²) in [6.45, 7) is 6.09. The molecule has 0 aliphatic heterocycles. The van der Waals surface area contributed by atoms with Gasteiger partial charge in [-0.3, -0.25) is 0 Å². The van der Waals surface area contributed by atoms with Gasteiger partial charge in [0.15, 0.2) is 0 Å². The van der Waals surface area contributed by atoms with Crippen LogP contribution >= 0.6 is 0 Å². The van der Waals surface area contributed by atoms with E-state index >= 15 is 0 Å². The van der Waals surface area contributed by atoms with Crippen molar-refractivity contribution in [1.29, 1.82) is 0 Å². The van der Waals surface area contributed by atoms with Crippen LogP contribution in [-0.4, -0.2) is 12.4 Å². The Balaban J connectivity index is 1.42. The van der Waals surface area contributed by atoms with Crippen molar-refractivity contribution in [2.45, 2.75) is 83.5 Å². The second-order valence-electron chi connectivity index (χ2n) is 9.29. The number of unbranched alkanes of at least 4 members (excludes halogenated alkanes) is 3. The second kappa shape index (κ2) is 13.8. The summed E-state index contributed by atoms with van der Waals surface area (Å²) in [6, 6.07) is 17.6. The van der Waals surface area contributed by atoms with Crippen molar-refractivity contribution in [3.05, 3.63) is 83.4 Å². The summed E-state index contributed by atoms with van der Waals surface area (Å²) in [5, 5.41) is 8.48. The molecule has 0 saturated heterocycles. The van der Waals surface area contributed by atoms with Gasteiger partial charge in [-0.2, -0.15) is 10.2 Å². The van der Waals surface area contributed by atoms with E-state index in [9.17, 15) is 0 Å². The molecule has 0 aromatic heterocycles. The monoisotopic (exact) mass is 428 g/mol. The van der Waals surface area contributed by atoms with Crippen LogP contribution in [0.5, 0.6) is 0 Å². The van der Waals surface area contributed by atoms with Gasteiger partial charge in [-0.25, -0.2) is 0 Å². The Labute approximate surface area is 195 Å². The van der Waals surface area contributed by atoms with E-state index in [0.29, 0.717) is 0 Å². The average Bonchev–Trinajstić information content (AvgIpc) is 2.84. The molecule has 1 aliphatic rings. The predicted octanol–water partition coefficient (Wildman–Crippen LogP) is 8.50. The number of allylic oxidation sites excluding steroid dienone is 1. The van der Waals surface area contributed by atoms with Gasteiger partial charge in [0.2, 0.25) is 0 Å². The molecular weight excluding hydrogens is 388 g/mol. The van der Waals surface area contributed by atoms with Crippen molar-refractivity contribution >= 4 is 12.4 Å². The van der Waals surface area contributed by atoms with Crippen molar-refractivity contribution < 1.29 is 0 Å². The standard InChI is InChI=1S/C30H40N2/c1-3-5-6-7-8-10-26-11-13-27(14-12-26)23-31-32-24-28-17-21-30(22-18-28)29-19-15-25(9-4-2)16-20-29/h3,11-14,17-18,21-25,29H,1,4-10,15-16,19-20H2,2H3. The first kappa shape index (κ1) is 24.2. The van der Waals surface area contributed by atoms with E-state index in [-0.39, 0.29) is 0 Å². The van der Waals surface area contributed by atoms with E-state index in [4.69, 9.17) is 0 Å². The first-order valence-electron chi connectivity index (χ1n) is 12.6. The summed E-state index contributed by atoms with van der Waals surface area (Å²) in [5.74, 6) is 1.70. The first-order valence-corrected chi connectivity index (χ1v) is 12.6. The Morgan fingerprint density at radius 3 is 2.03 bits per heavy atom. The van der Waals surface area contributed by atoms with E-state index in [1.807, 2.05) is 18.5 Å². The highest BCUT2D eigenvalue weighted by atomic mass is 15.2. The Morgan fingerprint density at radius 1 is 0.812 bits per heavy atom. The van der Waals surface area contributed by atoms with Crippen LogP contribution in [0, 0.1) is 5.92 Å². The molecular formula is C30H40N2. The zero-order valence-electron chi connectivity index (χ0n) is 19.9. The number of nitrogens with zero attached hydrogens (tertiary/aromatic N) is 2. The zero-order chi connectivity index (χ0) is 22.4. The van der Waals surface area contributed by atoms with E-state index in [1.165, 1.54) is 68.9 Å². The fourth-order valence-corrected chi connectivity index (χ4v) is 4.81. The third-order valence-electron chi connectivity index (χ3n) is 6.79. The van der Waals surface area contributed by atoms with E-state index in [0.717, 1.165) is 35.8 Å². The lowest BCUT2D eigenvalue weighted by atomic mass is 9.77. The minimum absolute atomic E-state index is 0.738. The summed E-state index contributed by atoms with van der Waals surface area (Å²) >= 11 is 0. The molecule has 1 saturated carbocycles. The van der Waals surface area contributed by atoms with E-state index in [1.54, 1.807) is 0 Å². The molecule has 0 atom stereocenters. The van der Waals surface area contributed by atoms with Crippen LogP contribution in [0.4, 0.5) is 0 Å². The van der Waals surface area contributed by atoms with Gasteiger partial charge in [0.1, 0.15) is 0 Å². The normalized spacial score (nSPS) is 19.0. The van der Waals surface area contributed by atoms with E-state index in [2.05, 4.69) is 72.2 Å². The summed E-state index contributed by atoms with van der Waals surface area (Å²) in [4.78, 5) is 0. The van der Waals surface area contributed by atoms with Crippen LogP contribution in [0.3, 0.4) is 0 Å². The highest BCUT2D eigenvalue weighted by Gasteiger charge is 2.21. The topological polar surface area (TPSA) is 24.7 Å². The van der Waals surface area contributed by atoms with Crippen molar-refractivity contribution in [2.24, 2.45) is 16.1 Å². The Kier molecular flexibility index (Phi) is 10.4. The molecule has 2 aromatic rings. The van der Waals surface area contributed by atoms with Crippen LogP contribution in [0.1, 0.15) is 99.3 Å². The fourth-order valence-electron chi connectivity index (χ4n) is 4.81. The number of rotatable bonds is 12. The number of hydrogen-bond acceptors (Lipinski definition) is 2. The van der Waals surface area contributed by atoms with Gasteiger partial charge in [-0.1, -0.05) is 80.8 Å². The van der Waals surface area contributed by atoms with Gasteiger partial charge in [0, 0.05) is 0 Å². The fraction of sp³-hybridized carbons (Fsp3) is 0.467. The van der Waals surface area contributed by atoms with Gasteiger partial charge in [-0.15, -0.1) is 6.58 Å². The maximum atomic E-state index is 4.25. The number of benzene rings is 2. The largest absolute Gasteiger partial charge is 0.159 e. The molecule has 0 radical (unpaired) electrons. The van der Waals surface area contributed by atoms with Crippen molar-refractivity contribution in [3.63, 3.8) is 0 Å². The minimum Gasteiger partial charge on any atom is -0.159 e. The van der Waals surface area contributed by atoms with Gasteiger partial charge >= 0.3 is 0 Å². The third-order valence-corrected chi connectivity index (χ3v) is 6.79. The Morgan fingerprint density at radius 2 is 1.44 bits per heavy atom. The summed E-state index contributed by atoms with van der Waals surface area (Å²) in [6.07, 6.45) is 19.9. The van der Waals surface area contributed by atoms with Crippen LogP contribution in [-0.2, 0) is 6.42 Å². The second-order valence-corrected chi connectivity index (χ2v) is 9.29. The van der Waals surface area contributed by atoms with Crippen LogP contribution in [0.25, 0.3) is 0 Å². The maximum absolute atomic E-state index is 4.25. The quantitative estimate of drug-likeness (QED) is 0.140. The van der Waals surface area contributed by atoms with Gasteiger partial charge in [0.25, 0.3) is 0 Å².